The second-order valence-corrected chi connectivity index (χ2v) is 7.78. The van der Waals surface area contributed by atoms with Crippen molar-refractivity contribution in [2.45, 2.75) is 48.8 Å². The summed E-state index contributed by atoms with van der Waals surface area (Å²) < 4.78 is 11.8. The predicted molar refractivity (Wildman–Crippen MR) is 79.4 cm³/mol. The normalized spacial score (nSPS) is 46.1. The molecule has 22 heavy (non-hydrogen) atoms. The van der Waals surface area contributed by atoms with Gasteiger partial charge in [0.05, 0.1) is 12.5 Å². The Bertz CT molecular complexity index is 759. The van der Waals surface area contributed by atoms with Crippen LogP contribution in [0.1, 0.15) is 30.4 Å². The van der Waals surface area contributed by atoms with Gasteiger partial charge >= 0.3 is 0 Å². The summed E-state index contributed by atoms with van der Waals surface area (Å²) in [6.45, 7) is 0. The molecule has 4 fully saturated rings. The minimum atomic E-state index is -0.269. The number of carbonyl (C=O) groups excluding carboxylic acids is 1. The number of ether oxygens (including phenoxy) is 2. The van der Waals surface area contributed by atoms with Crippen LogP contribution < -0.4 is 9.47 Å². The smallest absolute Gasteiger partial charge is 0.174 e. The highest BCUT2D eigenvalue weighted by Crippen LogP contribution is 2.76. The number of hydrogen-bond acceptors (Lipinski definition) is 4. The highest BCUT2D eigenvalue weighted by Gasteiger charge is 2.83. The van der Waals surface area contributed by atoms with E-state index < -0.39 is 0 Å². The Labute approximate surface area is 129 Å². The van der Waals surface area contributed by atoms with Gasteiger partial charge in [0.25, 0.3) is 0 Å². The number of fused-ring (bicyclic) bond motifs is 2. The summed E-state index contributed by atoms with van der Waals surface area (Å²) in [6, 6.07) is 4.78. The summed E-state index contributed by atoms with van der Waals surface area (Å²) >= 11 is 0. The zero-order chi connectivity index (χ0) is 14.9. The van der Waals surface area contributed by atoms with Gasteiger partial charge in [-0.1, -0.05) is 6.07 Å². The number of rotatable bonds is 1. The lowest BCUT2D eigenvalue weighted by molar-refractivity contribution is -0.255. The molecule has 6 aliphatic rings. The van der Waals surface area contributed by atoms with E-state index >= 15 is 0 Å². The van der Waals surface area contributed by atoms with Crippen LogP contribution in [-0.4, -0.2) is 42.5 Å². The van der Waals surface area contributed by atoms with E-state index in [0.717, 1.165) is 30.8 Å². The van der Waals surface area contributed by atoms with Gasteiger partial charge in [-0.15, -0.1) is 0 Å². The lowest BCUT2D eigenvalue weighted by Gasteiger charge is -2.78. The molecular formula is C18H19NO3. The Morgan fingerprint density at radius 3 is 3.09 bits per heavy atom. The molecule has 2 spiro atoms. The molecule has 0 N–H and O–H groups in total. The molecule has 5 atom stereocenters. The predicted octanol–water partition coefficient (Wildman–Crippen LogP) is 1.69. The standard InChI is InChI=1S/C18H19NO3/c1-19-10-7-9-3-4-12(21-2)14-13(9)18-8-17(19,15(10)18)6-5-11(20)16(18)22-14/h3-4,10,15-16H,5-8H2,1-2H3/t10?,15?,16?,17-,18?/m0/s1. The largest absolute Gasteiger partial charge is 0.493 e. The molecule has 4 heteroatoms. The lowest BCUT2D eigenvalue weighted by Crippen LogP contribution is -2.87. The maximum Gasteiger partial charge on any atom is 0.174 e. The number of methoxy groups -OCH3 is 1. The Kier molecular flexibility index (Phi) is 1.74. The summed E-state index contributed by atoms with van der Waals surface area (Å²) in [5.41, 5.74) is 2.90. The lowest BCUT2D eigenvalue weighted by atomic mass is 9.36. The van der Waals surface area contributed by atoms with Crippen molar-refractivity contribution in [1.29, 1.82) is 0 Å². The number of hydrogen-bond donors (Lipinski definition) is 0. The maximum absolute atomic E-state index is 12.8. The van der Waals surface area contributed by atoms with Crippen LogP contribution in [0.5, 0.6) is 11.5 Å². The first-order chi connectivity index (χ1) is 10.6. The maximum atomic E-state index is 12.8. The van der Waals surface area contributed by atoms with Crippen molar-refractivity contribution in [1.82, 2.24) is 4.90 Å². The molecule has 3 saturated carbocycles. The van der Waals surface area contributed by atoms with Crippen LogP contribution in [0.15, 0.2) is 12.1 Å². The molecular weight excluding hydrogens is 278 g/mol. The summed E-state index contributed by atoms with van der Waals surface area (Å²) in [5, 5.41) is 0. The number of likely N-dealkylation sites (N-methyl/N-ethyl adjacent to an activating group) is 1. The Morgan fingerprint density at radius 2 is 2.27 bits per heavy atom. The van der Waals surface area contributed by atoms with E-state index in [1.54, 1.807) is 7.11 Å². The zero-order valence-electron chi connectivity index (χ0n) is 12.9. The van der Waals surface area contributed by atoms with Crippen LogP contribution in [0, 0.1) is 5.92 Å². The molecule has 4 nitrogen and oxygen atoms in total. The number of ketones is 1. The molecule has 1 aromatic rings. The quantitative estimate of drug-likeness (QED) is 0.791. The third kappa shape index (κ3) is 0.890. The number of piperidine rings is 1. The Hall–Kier alpha value is -1.55. The van der Waals surface area contributed by atoms with Crippen molar-refractivity contribution < 1.29 is 14.3 Å². The molecule has 0 radical (unpaired) electrons. The van der Waals surface area contributed by atoms with Crippen LogP contribution in [-0.2, 0) is 16.6 Å². The minimum absolute atomic E-state index is 0.0534. The molecule has 7 rings (SSSR count). The number of Topliss-reactive ketones (excluding diaryl/α,β-unsaturated/α-hetero) is 1. The van der Waals surface area contributed by atoms with Crippen molar-refractivity contribution in [2.75, 3.05) is 14.2 Å². The van der Waals surface area contributed by atoms with Crippen molar-refractivity contribution in [3.8, 4) is 11.5 Å². The molecule has 0 amide bonds. The second kappa shape index (κ2) is 3.21. The summed E-state index contributed by atoms with van der Waals surface area (Å²) in [5.74, 6) is 2.55. The fraction of sp³-hybridized carbons (Fsp3) is 0.611. The van der Waals surface area contributed by atoms with E-state index in [9.17, 15) is 4.79 Å². The van der Waals surface area contributed by atoms with Crippen LogP contribution in [0.2, 0.25) is 0 Å². The summed E-state index contributed by atoms with van der Waals surface area (Å²) in [4.78, 5) is 15.3. The van der Waals surface area contributed by atoms with Crippen molar-refractivity contribution in [3.63, 3.8) is 0 Å². The van der Waals surface area contributed by atoms with E-state index in [4.69, 9.17) is 9.47 Å². The van der Waals surface area contributed by atoms with Crippen molar-refractivity contribution >= 4 is 5.78 Å². The van der Waals surface area contributed by atoms with Gasteiger partial charge in [0.1, 0.15) is 0 Å². The van der Waals surface area contributed by atoms with E-state index in [1.165, 1.54) is 11.1 Å². The van der Waals surface area contributed by atoms with Gasteiger partial charge < -0.3 is 9.47 Å². The van der Waals surface area contributed by atoms with E-state index in [-0.39, 0.29) is 17.1 Å². The number of carbonyl (C=O) groups is 1. The van der Waals surface area contributed by atoms with Crippen LogP contribution in [0.3, 0.4) is 0 Å². The van der Waals surface area contributed by atoms with Gasteiger partial charge in [0, 0.05) is 29.5 Å². The molecule has 2 bridgehead atoms. The summed E-state index contributed by atoms with van der Waals surface area (Å²) in [7, 11) is 3.94. The monoisotopic (exact) mass is 297 g/mol. The fourth-order valence-corrected chi connectivity index (χ4v) is 6.73. The SMILES string of the molecule is COc1ccc2c3c1OC1C(=O)CC[C@]45CC31C4C(C2)N5C. The Morgan fingerprint density at radius 1 is 1.41 bits per heavy atom. The van der Waals surface area contributed by atoms with E-state index in [1.807, 2.05) is 6.07 Å². The fourth-order valence-electron chi connectivity index (χ4n) is 6.73. The van der Waals surface area contributed by atoms with Gasteiger partial charge in [0.15, 0.2) is 23.4 Å². The minimum Gasteiger partial charge on any atom is -0.493 e. The molecule has 2 aliphatic heterocycles. The molecule has 114 valence electrons. The van der Waals surface area contributed by atoms with Crippen LogP contribution in [0.25, 0.3) is 0 Å². The van der Waals surface area contributed by atoms with E-state index in [2.05, 4.69) is 18.0 Å². The first-order valence-corrected chi connectivity index (χ1v) is 8.26. The molecule has 4 aliphatic carbocycles. The third-order valence-corrected chi connectivity index (χ3v) is 7.44. The van der Waals surface area contributed by atoms with Crippen molar-refractivity contribution in [3.05, 3.63) is 23.3 Å². The van der Waals surface area contributed by atoms with Gasteiger partial charge in [-0.05, 0) is 37.9 Å². The number of likely N-dealkylation sites (tertiary alicyclic amines) is 1. The molecule has 1 aromatic carbocycles. The van der Waals surface area contributed by atoms with Gasteiger partial charge in [-0.25, -0.2) is 0 Å². The van der Waals surface area contributed by atoms with Gasteiger partial charge in [-0.2, -0.15) is 0 Å². The van der Waals surface area contributed by atoms with Gasteiger partial charge in [-0.3, -0.25) is 9.69 Å². The van der Waals surface area contributed by atoms with Crippen LogP contribution >= 0.6 is 0 Å². The third-order valence-electron chi connectivity index (χ3n) is 7.44. The summed E-state index contributed by atoms with van der Waals surface area (Å²) in [6.07, 6.45) is 3.57. The number of benzene rings is 1. The van der Waals surface area contributed by atoms with Crippen LogP contribution in [0.4, 0.5) is 0 Å². The second-order valence-electron chi connectivity index (χ2n) is 7.78. The first kappa shape index (κ1) is 11.9. The van der Waals surface area contributed by atoms with E-state index in [0.29, 0.717) is 24.2 Å². The molecule has 2 heterocycles. The highest BCUT2D eigenvalue weighted by molar-refractivity contribution is 5.90. The van der Waals surface area contributed by atoms with Gasteiger partial charge in [0.2, 0.25) is 0 Å². The van der Waals surface area contributed by atoms with Crippen molar-refractivity contribution in [2.24, 2.45) is 5.92 Å². The average Bonchev–Trinajstić information content (AvgIpc) is 2.75. The number of nitrogens with zero attached hydrogens (tertiary/aromatic N) is 1. The molecule has 0 aromatic heterocycles. The first-order valence-electron chi connectivity index (χ1n) is 8.26. The highest BCUT2D eigenvalue weighted by atomic mass is 16.5. The zero-order valence-corrected chi connectivity index (χ0v) is 12.9. The average molecular weight is 297 g/mol. The molecule has 4 unspecified atom stereocenters. The molecule has 1 saturated heterocycles. The topological polar surface area (TPSA) is 38.8 Å². The Balaban J connectivity index is 1.67.